The number of halogens is 1. The maximum Gasteiger partial charge on any atom is 0.229 e. The number of benzene rings is 1. The Morgan fingerprint density at radius 1 is 1.17 bits per heavy atom. The van der Waals surface area contributed by atoms with Crippen molar-refractivity contribution in [2.45, 2.75) is 44.6 Å². The highest BCUT2D eigenvalue weighted by molar-refractivity contribution is 5.62. The summed E-state index contributed by atoms with van der Waals surface area (Å²) in [6.45, 7) is 2.80. The van der Waals surface area contributed by atoms with Crippen molar-refractivity contribution in [2.75, 3.05) is 44.0 Å². The van der Waals surface area contributed by atoms with Crippen LogP contribution in [0, 0.1) is 5.82 Å². The third-order valence-electron chi connectivity index (χ3n) is 6.12. The Kier molecular flexibility index (Phi) is 8.74. The summed E-state index contributed by atoms with van der Waals surface area (Å²) in [4.78, 5) is 10.6. The van der Waals surface area contributed by atoms with E-state index >= 15 is 0 Å². The molecule has 2 aromatic heterocycles. The SMILES string of the molecule is C1CCN2CCCCC2C1.CNc1nc(Nc2ccc(OCCO)c(-n3cnnn3)c2)ncc1F. The first-order chi connectivity index (χ1) is 17.2. The second kappa shape index (κ2) is 12.4. The van der Waals surface area contributed by atoms with Crippen LogP contribution in [-0.4, -0.2) is 79.6 Å². The lowest BCUT2D eigenvalue weighted by atomic mass is 9.93. The van der Waals surface area contributed by atoms with Crippen molar-refractivity contribution in [3.8, 4) is 11.4 Å². The van der Waals surface area contributed by atoms with Crippen molar-refractivity contribution >= 4 is 17.5 Å². The fraction of sp³-hybridized carbons (Fsp3) is 0.522. The number of aromatic nitrogens is 6. The van der Waals surface area contributed by atoms with E-state index in [1.54, 1.807) is 25.2 Å². The minimum Gasteiger partial charge on any atom is -0.489 e. The lowest BCUT2D eigenvalue weighted by Gasteiger charge is -2.39. The highest BCUT2D eigenvalue weighted by atomic mass is 19.1. The van der Waals surface area contributed by atoms with Crippen molar-refractivity contribution in [3.05, 3.63) is 36.5 Å². The van der Waals surface area contributed by atoms with Crippen LogP contribution < -0.4 is 15.4 Å². The van der Waals surface area contributed by atoms with E-state index in [0.717, 1.165) is 12.2 Å². The van der Waals surface area contributed by atoms with Crippen molar-refractivity contribution in [3.63, 3.8) is 0 Å². The van der Waals surface area contributed by atoms with Gasteiger partial charge in [-0.25, -0.2) is 9.37 Å². The van der Waals surface area contributed by atoms with E-state index in [1.807, 2.05) is 0 Å². The van der Waals surface area contributed by atoms with Gasteiger partial charge in [0.25, 0.3) is 0 Å². The lowest BCUT2D eigenvalue weighted by molar-refractivity contribution is 0.109. The second-order valence-electron chi connectivity index (χ2n) is 8.46. The number of aliphatic hydroxyl groups excluding tert-OH is 1. The first kappa shape index (κ1) is 24.7. The molecule has 3 N–H and O–H groups in total. The molecule has 11 nitrogen and oxygen atoms in total. The summed E-state index contributed by atoms with van der Waals surface area (Å²) in [6.07, 6.45) is 11.3. The molecule has 4 heterocycles. The van der Waals surface area contributed by atoms with Crippen LogP contribution in [0.25, 0.3) is 5.69 Å². The number of hydrogen-bond donors (Lipinski definition) is 3. The van der Waals surface area contributed by atoms with E-state index in [9.17, 15) is 4.39 Å². The van der Waals surface area contributed by atoms with Gasteiger partial charge in [0.2, 0.25) is 5.95 Å². The number of fused-ring (bicyclic) bond motifs is 1. The summed E-state index contributed by atoms with van der Waals surface area (Å²) < 4.78 is 20.4. The molecule has 35 heavy (non-hydrogen) atoms. The third kappa shape index (κ3) is 6.61. The molecular weight excluding hydrogens is 453 g/mol. The minimum atomic E-state index is -0.546. The van der Waals surface area contributed by atoms with Gasteiger partial charge in [0, 0.05) is 18.8 Å². The summed E-state index contributed by atoms with van der Waals surface area (Å²) in [7, 11) is 1.57. The normalized spacial score (nSPS) is 16.1. The molecular formula is C23H32FN9O2. The fourth-order valence-electron chi connectivity index (χ4n) is 4.43. The van der Waals surface area contributed by atoms with Crippen LogP contribution in [0.4, 0.5) is 21.8 Å². The van der Waals surface area contributed by atoms with Gasteiger partial charge in [-0.1, -0.05) is 12.8 Å². The summed E-state index contributed by atoms with van der Waals surface area (Å²) >= 11 is 0. The molecule has 0 bridgehead atoms. The molecule has 3 aromatic rings. The van der Waals surface area contributed by atoms with Gasteiger partial charge in [0.05, 0.1) is 12.8 Å². The maximum absolute atomic E-state index is 13.5. The minimum absolute atomic E-state index is 0.0844. The molecule has 0 amide bonds. The zero-order valence-electron chi connectivity index (χ0n) is 19.9. The quantitative estimate of drug-likeness (QED) is 0.460. The molecule has 2 fully saturated rings. The van der Waals surface area contributed by atoms with Crippen LogP contribution in [0.15, 0.2) is 30.7 Å². The summed E-state index contributed by atoms with van der Waals surface area (Å²) in [6, 6.07) is 6.13. The molecule has 0 unspecified atom stereocenters. The van der Waals surface area contributed by atoms with E-state index in [-0.39, 0.29) is 25.0 Å². The Morgan fingerprint density at radius 3 is 2.63 bits per heavy atom. The Labute approximate surface area is 203 Å². The molecule has 5 rings (SSSR count). The van der Waals surface area contributed by atoms with Crippen molar-refractivity contribution in [1.82, 2.24) is 35.1 Å². The van der Waals surface area contributed by atoms with Crippen molar-refractivity contribution in [2.24, 2.45) is 0 Å². The number of nitrogens with zero attached hydrogens (tertiary/aromatic N) is 7. The Morgan fingerprint density at radius 2 is 1.97 bits per heavy atom. The highest BCUT2D eigenvalue weighted by Crippen LogP contribution is 2.28. The van der Waals surface area contributed by atoms with Crippen LogP contribution in [0.3, 0.4) is 0 Å². The van der Waals surface area contributed by atoms with Gasteiger partial charge in [0.1, 0.15) is 24.4 Å². The van der Waals surface area contributed by atoms with E-state index in [0.29, 0.717) is 17.1 Å². The molecule has 0 aliphatic carbocycles. The highest BCUT2D eigenvalue weighted by Gasteiger charge is 2.24. The average Bonchev–Trinajstić information content (AvgIpc) is 3.44. The predicted octanol–water partition coefficient (Wildman–Crippen LogP) is 2.77. The van der Waals surface area contributed by atoms with Crippen LogP contribution in [0.2, 0.25) is 0 Å². The summed E-state index contributed by atoms with van der Waals surface area (Å²) in [5, 5.41) is 25.6. The number of tetrazole rings is 1. The van der Waals surface area contributed by atoms with Crippen LogP contribution in [0.5, 0.6) is 5.75 Å². The van der Waals surface area contributed by atoms with Gasteiger partial charge < -0.3 is 25.4 Å². The monoisotopic (exact) mass is 485 g/mol. The van der Waals surface area contributed by atoms with E-state index < -0.39 is 5.82 Å². The third-order valence-corrected chi connectivity index (χ3v) is 6.12. The molecule has 0 atom stereocenters. The van der Waals surface area contributed by atoms with Crippen LogP contribution in [0.1, 0.15) is 38.5 Å². The van der Waals surface area contributed by atoms with Gasteiger partial charge in [0.15, 0.2) is 11.6 Å². The van der Waals surface area contributed by atoms with Gasteiger partial charge >= 0.3 is 0 Å². The topological polar surface area (TPSA) is 126 Å². The number of aliphatic hydroxyl groups is 1. The number of ether oxygens (including phenoxy) is 1. The smallest absolute Gasteiger partial charge is 0.229 e. The van der Waals surface area contributed by atoms with E-state index in [1.165, 1.54) is 62.6 Å². The summed E-state index contributed by atoms with van der Waals surface area (Å²) in [5.41, 5.74) is 1.18. The van der Waals surface area contributed by atoms with Gasteiger partial charge in [-0.15, -0.1) is 5.10 Å². The molecule has 1 aromatic carbocycles. The zero-order chi connectivity index (χ0) is 24.5. The standard InChI is InChI=1S/C14H15FN8O2.C9H17N/c1-16-13-10(15)7-17-14(20-13)19-9-2-3-12(25-5-4-24)11(6-9)23-8-18-21-22-23;1-3-7-10-8-4-2-6-9(10)5-1/h2-3,6-8,24H,4-5H2,1H3,(H2,16,17,19,20);9H,1-8H2. The molecule has 188 valence electrons. The molecule has 0 saturated carbocycles. The Bertz CT molecular complexity index is 1040. The average molecular weight is 486 g/mol. The maximum atomic E-state index is 13.5. The molecule has 0 radical (unpaired) electrons. The second-order valence-corrected chi connectivity index (χ2v) is 8.46. The summed E-state index contributed by atoms with van der Waals surface area (Å²) in [5.74, 6) is 0.247. The van der Waals surface area contributed by atoms with Gasteiger partial charge in [-0.3, -0.25) is 0 Å². The number of hydrogen-bond acceptors (Lipinski definition) is 10. The first-order valence-corrected chi connectivity index (χ1v) is 12.0. The number of piperidine rings is 2. The number of nitrogens with one attached hydrogen (secondary N) is 2. The van der Waals surface area contributed by atoms with Crippen LogP contribution >= 0.6 is 0 Å². The van der Waals surface area contributed by atoms with Gasteiger partial charge in [-0.05, 0) is 67.4 Å². The van der Waals surface area contributed by atoms with Crippen LogP contribution in [-0.2, 0) is 0 Å². The van der Waals surface area contributed by atoms with E-state index in [2.05, 4.69) is 41.0 Å². The van der Waals surface area contributed by atoms with Crippen molar-refractivity contribution < 1.29 is 14.2 Å². The first-order valence-electron chi connectivity index (χ1n) is 12.0. The molecule has 2 aliphatic heterocycles. The zero-order valence-corrected chi connectivity index (χ0v) is 19.9. The molecule has 0 spiro atoms. The lowest BCUT2D eigenvalue weighted by Crippen LogP contribution is -2.42. The molecule has 12 heteroatoms. The predicted molar refractivity (Wildman–Crippen MR) is 130 cm³/mol. The largest absolute Gasteiger partial charge is 0.489 e. The van der Waals surface area contributed by atoms with E-state index in [4.69, 9.17) is 9.84 Å². The number of rotatable bonds is 7. The Balaban J connectivity index is 0.000000239. The fourth-order valence-corrected chi connectivity index (χ4v) is 4.43. The van der Waals surface area contributed by atoms with Gasteiger partial charge in [-0.2, -0.15) is 9.67 Å². The number of anilines is 3. The van der Waals surface area contributed by atoms with Crippen molar-refractivity contribution in [1.29, 1.82) is 0 Å². The Hall–Kier alpha value is -3.38. The molecule has 2 aliphatic rings. The molecule has 2 saturated heterocycles.